The zero-order valence-corrected chi connectivity index (χ0v) is 13.3. The van der Waals surface area contributed by atoms with Crippen molar-refractivity contribution >= 4 is 17.7 Å². The second-order valence-electron chi connectivity index (χ2n) is 7.16. The number of aromatic nitrogens is 2. The van der Waals surface area contributed by atoms with Crippen LogP contribution in [0.3, 0.4) is 0 Å². The number of carbonyl (C=O) groups excluding carboxylic acids is 1. The zero-order valence-electron chi connectivity index (χ0n) is 13.3. The number of carbonyl (C=O) groups is 2. The lowest BCUT2D eigenvalue weighted by Crippen LogP contribution is -2.19. The highest BCUT2D eigenvalue weighted by Crippen LogP contribution is 2.58. The number of carboxylic acid groups (broad SMARTS) is 1. The molecule has 1 heterocycles. The van der Waals surface area contributed by atoms with E-state index in [9.17, 15) is 14.7 Å². The Kier molecular flexibility index (Phi) is 3.50. The number of hydrogen-bond acceptors (Lipinski definition) is 3. The number of nitrogens with one attached hydrogen (secondary N) is 1. The summed E-state index contributed by atoms with van der Waals surface area (Å²) < 4.78 is 1.68. The van der Waals surface area contributed by atoms with Crippen LogP contribution in [0.25, 0.3) is 0 Å². The second kappa shape index (κ2) is 5.11. The minimum atomic E-state index is -0.901. The van der Waals surface area contributed by atoms with Crippen LogP contribution in [0.5, 0.6) is 0 Å². The molecule has 2 saturated carbocycles. The van der Waals surface area contributed by atoms with Gasteiger partial charge >= 0.3 is 5.97 Å². The molecule has 2 N–H and O–H groups in total. The molecule has 0 aromatic carbocycles. The standard InChI is InChI=1S/C16H23N3O3/c1-16(2)12(13(16)15(21)22)14(20)17-11-8-10(18-19(11)3)9-6-4-5-7-9/h8-9,12-13H,4-7H2,1-3H3,(H,17,20)(H,21,22)/t12-,13+/m0/s1. The average Bonchev–Trinajstić information content (AvgIpc) is 2.83. The monoisotopic (exact) mass is 305 g/mol. The number of nitrogens with zero attached hydrogens (tertiary/aromatic N) is 2. The number of anilines is 1. The number of rotatable bonds is 4. The lowest BCUT2D eigenvalue weighted by molar-refractivity contribution is -0.140. The smallest absolute Gasteiger partial charge is 0.307 e. The van der Waals surface area contributed by atoms with Crippen molar-refractivity contribution in [1.82, 2.24) is 9.78 Å². The topological polar surface area (TPSA) is 84.2 Å². The van der Waals surface area contributed by atoms with Gasteiger partial charge in [-0.3, -0.25) is 14.3 Å². The summed E-state index contributed by atoms with van der Waals surface area (Å²) in [5, 5.41) is 16.5. The first-order valence-corrected chi connectivity index (χ1v) is 7.90. The van der Waals surface area contributed by atoms with E-state index in [2.05, 4.69) is 10.4 Å². The van der Waals surface area contributed by atoms with Gasteiger partial charge in [-0.15, -0.1) is 0 Å². The van der Waals surface area contributed by atoms with Gasteiger partial charge in [0.15, 0.2) is 0 Å². The third-order valence-corrected chi connectivity index (χ3v) is 5.30. The summed E-state index contributed by atoms with van der Waals surface area (Å²) >= 11 is 0. The van der Waals surface area contributed by atoms with Gasteiger partial charge in [0.2, 0.25) is 5.91 Å². The Bertz CT molecular complexity index is 614. The molecule has 2 fully saturated rings. The van der Waals surface area contributed by atoms with Gasteiger partial charge in [-0.1, -0.05) is 26.7 Å². The molecule has 2 aliphatic rings. The minimum absolute atomic E-state index is 0.224. The van der Waals surface area contributed by atoms with Crippen molar-refractivity contribution < 1.29 is 14.7 Å². The van der Waals surface area contributed by atoms with Crippen molar-refractivity contribution in [3.63, 3.8) is 0 Å². The molecule has 3 rings (SSSR count). The van der Waals surface area contributed by atoms with Gasteiger partial charge in [-0.2, -0.15) is 5.10 Å². The molecule has 0 bridgehead atoms. The van der Waals surface area contributed by atoms with E-state index in [1.54, 1.807) is 11.7 Å². The maximum Gasteiger partial charge on any atom is 0.307 e. The lowest BCUT2D eigenvalue weighted by Gasteiger charge is -2.05. The molecule has 2 aliphatic carbocycles. The predicted octanol–water partition coefficient (Wildman–Crippen LogP) is 2.37. The number of carboxylic acids is 1. The number of aryl methyl sites for hydroxylation is 1. The van der Waals surface area contributed by atoms with Crippen LogP contribution in [0.4, 0.5) is 5.82 Å². The highest BCUT2D eigenvalue weighted by Gasteiger charge is 2.65. The summed E-state index contributed by atoms with van der Waals surface area (Å²) in [6.45, 7) is 3.65. The Labute approximate surface area is 129 Å². The van der Waals surface area contributed by atoms with E-state index in [0.29, 0.717) is 11.7 Å². The lowest BCUT2D eigenvalue weighted by atomic mass is 10.0. The molecule has 0 unspecified atom stereocenters. The first kappa shape index (κ1) is 15.1. The van der Waals surface area contributed by atoms with Crippen molar-refractivity contribution in [2.24, 2.45) is 24.3 Å². The summed E-state index contributed by atoms with van der Waals surface area (Å²) in [5.41, 5.74) is 0.545. The Morgan fingerprint density at radius 2 is 1.95 bits per heavy atom. The largest absolute Gasteiger partial charge is 0.481 e. The fraction of sp³-hybridized carbons (Fsp3) is 0.688. The molecule has 0 radical (unpaired) electrons. The van der Waals surface area contributed by atoms with E-state index < -0.39 is 23.2 Å². The average molecular weight is 305 g/mol. The fourth-order valence-corrected chi connectivity index (χ4v) is 3.82. The summed E-state index contributed by atoms with van der Waals surface area (Å²) in [6.07, 6.45) is 4.78. The van der Waals surface area contributed by atoms with E-state index in [1.807, 2.05) is 19.9 Å². The second-order valence-corrected chi connectivity index (χ2v) is 7.16. The maximum atomic E-state index is 12.4. The highest BCUT2D eigenvalue weighted by atomic mass is 16.4. The summed E-state index contributed by atoms with van der Waals surface area (Å²) in [4.78, 5) is 23.6. The molecule has 1 amide bonds. The van der Waals surface area contributed by atoms with Crippen LogP contribution in [0.1, 0.15) is 51.1 Å². The van der Waals surface area contributed by atoms with Crippen molar-refractivity contribution in [3.8, 4) is 0 Å². The zero-order chi connectivity index (χ0) is 16.1. The van der Waals surface area contributed by atoms with Gasteiger partial charge in [-0.05, 0) is 18.3 Å². The molecule has 120 valence electrons. The van der Waals surface area contributed by atoms with E-state index in [4.69, 9.17) is 0 Å². The molecule has 6 nitrogen and oxygen atoms in total. The summed E-state index contributed by atoms with van der Waals surface area (Å²) in [5.74, 6) is -1.07. The van der Waals surface area contributed by atoms with Crippen LogP contribution < -0.4 is 5.32 Å². The van der Waals surface area contributed by atoms with Crippen LogP contribution >= 0.6 is 0 Å². The quantitative estimate of drug-likeness (QED) is 0.894. The van der Waals surface area contributed by atoms with Crippen LogP contribution in [-0.4, -0.2) is 26.8 Å². The van der Waals surface area contributed by atoms with Gasteiger partial charge in [-0.25, -0.2) is 0 Å². The van der Waals surface area contributed by atoms with Crippen LogP contribution in [0.2, 0.25) is 0 Å². The van der Waals surface area contributed by atoms with Gasteiger partial charge in [0.1, 0.15) is 5.82 Å². The summed E-state index contributed by atoms with van der Waals surface area (Å²) in [6, 6.07) is 1.93. The molecule has 0 spiro atoms. The molecule has 0 saturated heterocycles. The number of amides is 1. The predicted molar refractivity (Wildman–Crippen MR) is 81.4 cm³/mol. The maximum absolute atomic E-state index is 12.4. The number of aliphatic carboxylic acids is 1. The Morgan fingerprint density at radius 3 is 2.50 bits per heavy atom. The van der Waals surface area contributed by atoms with E-state index >= 15 is 0 Å². The molecule has 1 aromatic rings. The molecular formula is C16H23N3O3. The van der Waals surface area contributed by atoms with Gasteiger partial charge in [0, 0.05) is 19.0 Å². The third kappa shape index (κ3) is 2.40. The fourth-order valence-electron chi connectivity index (χ4n) is 3.82. The van der Waals surface area contributed by atoms with Gasteiger partial charge < -0.3 is 10.4 Å². The van der Waals surface area contributed by atoms with E-state index in [-0.39, 0.29) is 5.91 Å². The summed E-state index contributed by atoms with van der Waals surface area (Å²) in [7, 11) is 1.81. The third-order valence-electron chi connectivity index (χ3n) is 5.30. The first-order chi connectivity index (χ1) is 10.3. The van der Waals surface area contributed by atoms with Crippen molar-refractivity contribution in [2.45, 2.75) is 45.4 Å². The molecule has 22 heavy (non-hydrogen) atoms. The van der Waals surface area contributed by atoms with Crippen molar-refractivity contribution in [3.05, 3.63) is 11.8 Å². The number of hydrogen-bond donors (Lipinski definition) is 2. The van der Waals surface area contributed by atoms with Gasteiger partial charge in [0.05, 0.1) is 17.5 Å². The molecule has 6 heteroatoms. The minimum Gasteiger partial charge on any atom is -0.481 e. The van der Waals surface area contributed by atoms with Crippen molar-refractivity contribution in [2.75, 3.05) is 5.32 Å². The Hall–Kier alpha value is -1.85. The van der Waals surface area contributed by atoms with Crippen LogP contribution in [0, 0.1) is 17.3 Å². The molecule has 0 aliphatic heterocycles. The normalized spacial score (nSPS) is 26.9. The van der Waals surface area contributed by atoms with Crippen molar-refractivity contribution in [1.29, 1.82) is 0 Å². The SMILES string of the molecule is Cn1nc(C2CCCC2)cc1NC(=O)[C@@H]1[C@H](C(=O)O)C1(C)C. The molecular weight excluding hydrogens is 282 g/mol. The first-order valence-electron chi connectivity index (χ1n) is 7.90. The molecule has 2 atom stereocenters. The van der Waals surface area contributed by atoms with Gasteiger partial charge in [0.25, 0.3) is 0 Å². The van der Waals surface area contributed by atoms with Crippen LogP contribution in [-0.2, 0) is 16.6 Å². The van der Waals surface area contributed by atoms with E-state index in [0.717, 1.165) is 18.5 Å². The highest BCUT2D eigenvalue weighted by molar-refractivity contribution is 5.99. The Balaban J connectivity index is 1.71. The van der Waals surface area contributed by atoms with Crippen LogP contribution in [0.15, 0.2) is 6.07 Å². The Morgan fingerprint density at radius 1 is 1.32 bits per heavy atom. The van der Waals surface area contributed by atoms with E-state index in [1.165, 1.54) is 12.8 Å². The molecule has 1 aromatic heterocycles.